The van der Waals surface area contributed by atoms with Crippen molar-refractivity contribution >= 4 is 35.2 Å². The minimum absolute atomic E-state index is 0.0765. The summed E-state index contributed by atoms with van der Waals surface area (Å²) in [7, 11) is 3.08. The highest BCUT2D eigenvalue weighted by molar-refractivity contribution is 6.39. The maximum Gasteiger partial charge on any atom is 0.407 e. The molecule has 0 spiro atoms. The predicted octanol–water partition coefficient (Wildman–Crippen LogP) is 4.55. The van der Waals surface area contributed by atoms with E-state index in [0.29, 0.717) is 99.4 Å². The molecule has 2 aliphatic rings. The van der Waals surface area contributed by atoms with Crippen LogP contribution in [0.25, 0.3) is 33.6 Å². The van der Waals surface area contributed by atoms with Gasteiger partial charge in [-0.3, -0.25) is 14.8 Å². The van der Waals surface area contributed by atoms with Gasteiger partial charge in [0.05, 0.1) is 53.6 Å². The van der Waals surface area contributed by atoms with Gasteiger partial charge in [0.2, 0.25) is 17.7 Å². The van der Waals surface area contributed by atoms with Gasteiger partial charge >= 0.3 is 6.09 Å². The van der Waals surface area contributed by atoms with Crippen LogP contribution in [0.4, 0.5) is 4.79 Å². The first-order valence-corrected chi connectivity index (χ1v) is 16.5. The van der Waals surface area contributed by atoms with Crippen LogP contribution >= 0.6 is 23.2 Å². The number of aromatic nitrogens is 4. The van der Waals surface area contributed by atoms with E-state index in [9.17, 15) is 9.59 Å². The predicted molar refractivity (Wildman–Crippen MR) is 185 cm³/mol. The Kier molecular flexibility index (Phi) is 10.4. The first kappa shape index (κ1) is 34.3. The normalized spacial score (nSPS) is 18.6. The highest BCUT2D eigenvalue weighted by Gasteiger charge is 2.34. The van der Waals surface area contributed by atoms with Gasteiger partial charge in [0, 0.05) is 60.9 Å². The molecule has 2 amide bonds. The molecule has 2 aromatic heterocycles. The summed E-state index contributed by atoms with van der Waals surface area (Å²) in [4.78, 5) is 41.6. The average molecular weight is 708 g/mol. The Balaban J connectivity index is 1.20. The fourth-order valence-corrected chi connectivity index (χ4v) is 6.44. The van der Waals surface area contributed by atoms with Crippen LogP contribution in [0.1, 0.15) is 31.2 Å². The van der Waals surface area contributed by atoms with Gasteiger partial charge in [-0.25, -0.2) is 14.8 Å². The lowest BCUT2D eigenvalue weighted by Gasteiger charge is -2.21. The van der Waals surface area contributed by atoms with Crippen LogP contribution in [0.2, 0.25) is 10.0 Å². The minimum atomic E-state index is -0.513. The van der Waals surface area contributed by atoms with Crippen LogP contribution < -0.4 is 30.7 Å². The third-order valence-electron chi connectivity index (χ3n) is 8.35. The van der Waals surface area contributed by atoms with E-state index in [-0.39, 0.29) is 18.6 Å². The number of hydrogen-bond donors (Lipinski definition) is 4. The number of halogens is 2. The average Bonchev–Trinajstić information content (AvgIpc) is 3.68. The van der Waals surface area contributed by atoms with Crippen molar-refractivity contribution < 1.29 is 23.8 Å². The molecule has 49 heavy (non-hydrogen) atoms. The van der Waals surface area contributed by atoms with E-state index in [4.69, 9.17) is 47.4 Å². The van der Waals surface area contributed by atoms with Crippen molar-refractivity contribution in [3.8, 4) is 45.4 Å². The van der Waals surface area contributed by atoms with E-state index in [1.54, 1.807) is 19.5 Å². The van der Waals surface area contributed by atoms with E-state index in [1.165, 1.54) is 7.11 Å². The van der Waals surface area contributed by atoms with Crippen molar-refractivity contribution in [2.45, 2.75) is 44.4 Å². The summed E-state index contributed by atoms with van der Waals surface area (Å²) in [5.74, 6) is 0.800. The Hall–Kier alpha value is -4.56. The van der Waals surface area contributed by atoms with Gasteiger partial charge in [0.1, 0.15) is 18.0 Å². The molecule has 2 fully saturated rings. The van der Waals surface area contributed by atoms with E-state index in [0.717, 1.165) is 6.42 Å². The van der Waals surface area contributed by atoms with Gasteiger partial charge in [-0.2, -0.15) is 0 Å². The molecule has 0 radical (unpaired) electrons. The maximum atomic E-state index is 11.5. The van der Waals surface area contributed by atoms with E-state index in [2.05, 4.69) is 31.2 Å². The number of ether oxygens (including phenoxy) is 3. The molecule has 4 aromatic rings. The summed E-state index contributed by atoms with van der Waals surface area (Å²) in [6, 6.07) is 11.4. The van der Waals surface area contributed by atoms with Crippen LogP contribution in [0.3, 0.4) is 0 Å². The van der Waals surface area contributed by atoms with Crippen LogP contribution in [0.5, 0.6) is 11.8 Å². The van der Waals surface area contributed by atoms with Crippen LogP contribution in [0, 0.1) is 0 Å². The second kappa shape index (κ2) is 14.9. The number of nitrogens with one attached hydrogen (secondary N) is 4. The number of amides is 2. The van der Waals surface area contributed by atoms with Crippen molar-refractivity contribution in [2.24, 2.45) is 0 Å². The summed E-state index contributed by atoms with van der Waals surface area (Å²) < 4.78 is 16.2. The number of alkyl carbamates (subject to hydrolysis) is 1. The number of carbonyl (C=O) groups is 2. The topological polar surface area (TPSA) is 162 Å². The number of carbonyl (C=O) groups excluding carboxylic acids is 2. The molecule has 0 bridgehead atoms. The number of methoxy groups -OCH3 is 2. The molecule has 256 valence electrons. The van der Waals surface area contributed by atoms with Gasteiger partial charge in [-0.15, -0.1) is 0 Å². The lowest BCUT2D eigenvalue weighted by atomic mass is 9.98. The van der Waals surface area contributed by atoms with Crippen molar-refractivity contribution in [3.63, 3.8) is 0 Å². The molecule has 0 saturated carbocycles. The van der Waals surface area contributed by atoms with Gasteiger partial charge in [-0.05, 0) is 13.3 Å². The monoisotopic (exact) mass is 706 g/mol. The van der Waals surface area contributed by atoms with E-state index < -0.39 is 11.6 Å². The highest BCUT2D eigenvalue weighted by atomic mass is 35.5. The Morgan fingerprint density at radius 3 is 1.92 bits per heavy atom. The van der Waals surface area contributed by atoms with Gasteiger partial charge in [-0.1, -0.05) is 59.6 Å². The van der Waals surface area contributed by atoms with Crippen LogP contribution in [0.15, 0.2) is 48.8 Å². The van der Waals surface area contributed by atoms with Crippen molar-refractivity contribution in [3.05, 3.63) is 70.2 Å². The molecule has 1 unspecified atom stereocenters. The Morgan fingerprint density at radius 2 is 1.43 bits per heavy atom. The molecule has 13 nitrogen and oxygen atoms in total. The molecule has 4 heterocycles. The van der Waals surface area contributed by atoms with E-state index in [1.807, 2.05) is 43.3 Å². The zero-order valence-corrected chi connectivity index (χ0v) is 28.7. The van der Waals surface area contributed by atoms with Crippen LogP contribution in [-0.4, -0.2) is 77.4 Å². The zero-order chi connectivity index (χ0) is 34.5. The maximum absolute atomic E-state index is 11.5. The van der Waals surface area contributed by atoms with Gasteiger partial charge < -0.3 is 35.5 Å². The van der Waals surface area contributed by atoms with Gasteiger partial charge in [0.25, 0.3) is 0 Å². The Labute approximate surface area is 293 Å². The minimum Gasteiger partial charge on any atom is -0.480 e. The molecule has 2 atom stereocenters. The number of cyclic esters (lactones) is 1. The SMILES string of the molecule is COc1nc(-c2cccc(-c3cccc(-c4cnc(CNCC5(C)COC(=O)N5)c(OC)n4)c3Cl)c2Cl)cnc1CNC[C@@H]1CCC(=O)N1. The molecule has 6 rings (SSSR count). The highest BCUT2D eigenvalue weighted by Crippen LogP contribution is 2.42. The summed E-state index contributed by atoms with van der Waals surface area (Å²) in [5.41, 5.74) is 4.51. The summed E-state index contributed by atoms with van der Waals surface area (Å²) in [6.45, 7) is 4.07. The summed E-state index contributed by atoms with van der Waals surface area (Å²) >= 11 is 14.1. The smallest absolute Gasteiger partial charge is 0.407 e. The second-order valence-electron chi connectivity index (χ2n) is 12.1. The molecule has 2 aromatic carbocycles. The first-order chi connectivity index (χ1) is 23.7. The molecule has 0 aliphatic carbocycles. The van der Waals surface area contributed by atoms with Crippen molar-refractivity contribution in [2.75, 3.05) is 33.9 Å². The van der Waals surface area contributed by atoms with Crippen LogP contribution in [-0.2, 0) is 22.6 Å². The van der Waals surface area contributed by atoms with Crippen molar-refractivity contribution in [1.29, 1.82) is 0 Å². The first-order valence-electron chi connectivity index (χ1n) is 15.7. The molecule has 2 aliphatic heterocycles. The van der Waals surface area contributed by atoms with Crippen molar-refractivity contribution in [1.82, 2.24) is 41.2 Å². The molecular weight excluding hydrogens is 671 g/mol. The summed E-state index contributed by atoms with van der Waals surface area (Å²) in [6.07, 6.45) is 4.23. The fourth-order valence-electron chi connectivity index (χ4n) is 5.79. The lowest BCUT2D eigenvalue weighted by Crippen LogP contribution is -2.48. The Morgan fingerprint density at radius 1 is 0.878 bits per heavy atom. The number of hydrogen-bond acceptors (Lipinski definition) is 11. The fraction of sp³-hybridized carbons (Fsp3) is 0.353. The van der Waals surface area contributed by atoms with Gasteiger partial charge in [0.15, 0.2) is 0 Å². The number of nitrogens with zero attached hydrogens (tertiary/aromatic N) is 4. The quantitative estimate of drug-likeness (QED) is 0.154. The largest absolute Gasteiger partial charge is 0.480 e. The molecule has 15 heteroatoms. The molecule has 4 N–H and O–H groups in total. The standard InChI is InChI=1S/C34H36Cl2N8O5/c1-34(18-49-33(46)44-34)17-38-14-27-32(48-3)43-25(16-40-27)23-9-5-7-21(30(23)36)20-6-4-8-22(29(20)35)24-15-39-26(31(42-24)47-2)13-37-12-19-10-11-28(45)41-19/h4-9,15-16,19,37-38H,10-14,17-18H2,1-3H3,(H,41,45)(H,44,46)/t19-,34?/m0/s1. The Bertz CT molecular complexity index is 1880. The second-order valence-corrected chi connectivity index (χ2v) is 12.8. The zero-order valence-electron chi connectivity index (χ0n) is 27.2. The van der Waals surface area contributed by atoms with E-state index >= 15 is 0 Å². The number of benzene rings is 2. The summed E-state index contributed by atoms with van der Waals surface area (Å²) in [5, 5.41) is 13.2. The third-order valence-corrected chi connectivity index (χ3v) is 9.17. The lowest BCUT2D eigenvalue weighted by molar-refractivity contribution is -0.119. The third kappa shape index (κ3) is 7.70. The molecule has 2 saturated heterocycles. The molecular formula is C34H36Cl2N8O5. The number of rotatable bonds is 13.